The number of hydrogen-bond donors (Lipinski definition) is 1. The zero-order valence-corrected chi connectivity index (χ0v) is 14.5. The Morgan fingerprint density at radius 2 is 1.96 bits per heavy atom. The van der Waals surface area contributed by atoms with E-state index in [0.29, 0.717) is 19.5 Å². The van der Waals surface area contributed by atoms with E-state index >= 15 is 0 Å². The number of imide groups is 1. The Kier molecular flexibility index (Phi) is 5.80. The molecule has 1 heterocycles. The second kappa shape index (κ2) is 7.64. The summed E-state index contributed by atoms with van der Waals surface area (Å²) in [7, 11) is 0. The van der Waals surface area contributed by atoms with Crippen LogP contribution in [0, 0.1) is 11.7 Å². The van der Waals surface area contributed by atoms with Crippen molar-refractivity contribution in [2.75, 3.05) is 18.4 Å². The number of ether oxygens (including phenoxy) is 1. The largest absolute Gasteiger partial charge is 0.443 e. The molecule has 0 aliphatic carbocycles. The summed E-state index contributed by atoms with van der Waals surface area (Å²) in [6.07, 6.45) is 1.78. The molecule has 1 aromatic carbocycles. The molecule has 2 rings (SSSR count). The van der Waals surface area contributed by atoms with Gasteiger partial charge in [-0.2, -0.15) is 0 Å². The Bertz CT molecular complexity index is 581. The van der Waals surface area contributed by atoms with Gasteiger partial charge in [0.2, 0.25) is 5.91 Å². The first kappa shape index (κ1) is 18.2. The first-order valence-electron chi connectivity index (χ1n) is 8.30. The minimum absolute atomic E-state index is 0.212. The van der Waals surface area contributed by atoms with E-state index in [1.807, 2.05) is 0 Å². The monoisotopic (exact) mass is 336 g/mol. The molecule has 0 spiro atoms. The summed E-state index contributed by atoms with van der Waals surface area (Å²) in [5.41, 5.74) is 0.114. The summed E-state index contributed by atoms with van der Waals surface area (Å²) in [4.78, 5) is 26.1. The van der Waals surface area contributed by atoms with Crippen LogP contribution in [0.25, 0.3) is 0 Å². The van der Waals surface area contributed by atoms with E-state index in [-0.39, 0.29) is 17.6 Å². The van der Waals surface area contributed by atoms with Crippen LogP contribution in [0.1, 0.15) is 40.0 Å². The van der Waals surface area contributed by atoms with Gasteiger partial charge in [0.15, 0.2) is 0 Å². The van der Waals surface area contributed by atoms with Crippen LogP contribution in [0.15, 0.2) is 24.3 Å². The number of nitrogens with zero attached hydrogens (tertiary/aromatic N) is 1. The molecular formula is C18H25FN2O3. The van der Waals surface area contributed by atoms with Gasteiger partial charge in [0.05, 0.1) is 5.92 Å². The van der Waals surface area contributed by atoms with Gasteiger partial charge in [-0.1, -0.05) is 6.42 Å². The quantitative estimate of drug-likeness (QED) is 0.912. The zero-order valence-electron chi connectivity index (χ0n) is 14.5. The number of carbonyl (C=O) groups excluding carboxylic acids is 2. The number of rotatable bonds is 3. The van der Waals surface area contributed by atoms with Crippen LogP contribution in [-0.2, 0) is 9.53 Å². The molecule has 24 heavy (non-hydrogen) atoms. The Hall–Kier alpha value is -2.11. The molecule has 1 unspecified atom stereocenters. The van der Waals surface area contributed by atoms with E-state index < -0.39 is 11.7 Å². The molecular weight excluding hydrogens is 311 g/mol. The summed E-state index contributed by atoms with van der Waals surface area (Å²) in [6, 6.07) is 5.98. The van der Waals surface area contributed by atoms with Gasteiger partial charge in [-0.05, 0) is 57.9 Å². The molecule has 1 aliphatic rings. The normalized spacial score (nSPS) is 18.9. The van der Waals surface area contributed by atoms with Gasteiger partial charge < -0.3 is 10.1 Å². The Balaban J connectivity index is 2.00. The summed E-state index contributed by atoms with van der Waals surface area (Å²) in [5.74, 6) is -0.816. The molecule has 1 atom stereocenters. The van der Waals surface area contributed by atoms with Gasteiger partial charge in [0.25, 0.3) is 0 Å². The molecule has 0 bridgehead atoms. The van der Waals surface area contributed by atoms with Crippen LogP contribution >= 0.6 is 0 Å². The third kappa shape index (κ3) is 5.22. The maximum absolute atomic E-state index is 12.9. The lowest BCUT2D eigenvalue weighted by Gasteiger charge is -2.27. The summed E-state index contributed by atoms with van der Waals surface area (Å²) < 4.78 is 18.3. The smallest absolute Gasteiger partial charge is 0.417 e. The fourth-order valence-corrected chi connectivity index (χ4v) is 2.61. The van der Waals surface area contributed by atoms with Crippen molar-refractivity contribution in [3.63, 3.8) is 0 Å². The van der Waals surface area contributed by atoms with E-state index in [1.54, 1.807) is 32.9 Å². The predicted molar refractivity (Wildman–Crippen MR) is 90.2 cm³/mol. The van der Waals surface area contributed by atoms with Crippen molar-refractivity contribution in [2.24, 2.45) is 5.92 Å². The molecule has 0 saturated carbocycles. The van der Waals surface area contributed by atoms with Crippen molar-refractivity contribution in [1.29, 1.82) is 0 Å². The minimum atomic E-state index is -0.633. The fraction of sp³-hybridized carbons (Fsp3) is 0.556. The van der Waals surface area contributed by atoms with Gasteiger partial charge in [-0.25, -0.2) is 14.1 Å². The predicted octanol–water partition coefficient (Wildman–Crippen LogP) is 3.80. The van der Waals surface area contributed by atoms with E-state index in [9.17, 15) is 14.0 Å². The molecule has 0 radical (unpaired) electrons. The maximum Gasteiger partial charge on any atom is 0.417 e. The average Bonchev–Trinajstić information content (AvgIpc) is 2.67. The van der Waals surface area contributed by atoms with Crippen LogP contribution in [0.2, 0.25) is 0 Å². The van der Waals surface area contributed by atoms with Gasteiger partial charge in [0, 0.05) is 18.8 Å². The summed E-state index contributed by atoms with van der Waals surface area (Å²) in [6.45, 7) is 6.13. The van der Waals surface area contributed by atoms with E-state index in [1.165, 1.54) is 17.0 Å². The molecule has 132 valence electrons. The summed E-state index contributed by atoms with van der Waals surface area (Å²) >= 11 is 0. The standard InChI is InChI=1S/C18H25FN2O3/c1-18(2,3)24-17(23)21-11-5-4-6-13(16(21)22)12-20-15-9-7-14(19)8-10-15/h7-10,13,20H,4-6,11-12H2,1-3H3. The van der Waals surface area contributed by atoms with E-state index in [4.69, 9.17) is 4.74 Å². The average molecular weight is 336 g/mol. The first-order chi connectivity index (χ1) is 11.3. The van der Waals surface area contributed by atoms with Gasteiger partial charge in [0.1, 0.15) is 11.4 Å². The van der Waals surface area contributed by atoms with Crippen molar-refractivity contribution < 1.29 is 18.7 Å². The number of anilines is 1. The summed E-state index contributed by atoms with van der Waals surface area (Å²) in [5, 5.41) is 3.14. The number of benzene rings is 1. The lowest BCUT2D eigenvalue weighted by molar-refractivity contribution is -0.133. The molecule has 2 amide bonds. The Morgan fingerprint density at radius 3 is 2.58 bits per heavy atom. The van der Waals surface area contributed by atoms with Gasteiger partial charge in [-0.15, -0.1) is 0 Å². The SMILES string of the molecule is CC(C)(C)OC(=O)N1CCCCC(CNc2ccc(F)cc2)C1=O. The highest BCUT2D eigenvalue weighted by Gasteiger charge is 2.33. The minimum Gasteiger partial charge on any atom is -0.443 e. The third-order valence-electron chi connectivity index (χ3n) is 3.81. The molecule has 1 aromatic rings. The van der Waals surface area contributed by atoms with Crippen LogP contribution in [-0.4, -0.2) is 35.6 Å². The van der Waals surface area contributed by atoms with Gasteiger partial charge >= 0.3 is 6.09 Å². The third-order valence-corrected chi connectivity index (χ3v) is 3.81. The van der Waals surface area contributed by atoms with E-state index in [2.05, 4.69) is 5.32 Å². The lowest BCUT2D eigenvalue weighted by Crippen LogP contribution is -2.44. The number of amides is 2. The van der Waals surface area contributed by atoms with Crippen molar-refractivity contribution >= 4 is 17.7 Å². The molecule has 1 saturated heterocycles. The number of nitrogens with one attached hydrogen (secondary N) is 1. The molecule has 1 fully saturated rings. The van der Waals surface area contributed by atoms with Crippen LogP contribution in [0.4, 0.5) is 14.9 Å². The first-order valence-corrected chi connectivity index (χ1v) is 8.30. The van der Waals surface area contributed by atoms with E-state index in [0.717, 1.165) is 18.5 Å². The highest BCUT2D eigenvalue weighted by molar-refractivity contribution is 5.93. The second-order valence-electron chi connectivity index (χ2n) is 7.05. The molecule has 5 nitrogen and oxygen atoms in total. The maximum atomic E-state index is 12.9. The lowest BCUT2D eigenvalue weighted by atomic mass is 10.0. The molecule has 6 heteroatoms. The van der Waals surface area contributed by atoms with Crippen LogP contribution < -0.4 is 5.32 Å². The fourth-order valence-electron chi connectivity index (χ4n) is 2.61. The number of carbonyl (C=O) groups is 2. The highest BCUT2D eigenvalue weighted by Crippen LogP contribution is 2.21. The van der Waals surface area contributed by atoms with Crippen LogP contribution in [0.3, 0.4) is 0 Å². The van der Waals surface area contributed by atoms with Crippen LogP contribution in [0.5, 0.6) is 0 Å². The van der Waals surface area contributed by atoms with Gasteiger partial charge in [-0.3, -0.25) is 4.79 Å². The molecule has 0 aromatic heterocycles. The highest BCUT2D eigenvalue weighted by atomic mass is 19.1. The Morgan fingerprint density at radius 1 is 1.29 bits per heavy atom. The van der Waals surface area contributed by atoms with Crippen molar-refractivity contribution in [3.8, 4) is 0 Å². The number of halogens is 1. The molecule has 1 aliphatic heterocycles. The van der Waals surface area contributed by atoms with Crippen molar-refractivity contribution in [3.05, 3.63) is 30.1 Å². The topological polar surface area (TPSA) is 58.6 Å². The zero-order chi connectivity index (χ0) is 17.7. The second-order valence-corrected chi connectivity index (χ2v) is 7.05. The van der Waals surface area contributed by atoms with Crippen molar-refractivity contribution in [1.82, 2.24) is 4.90 Å². The Labute approximate surface area is 142 Å². The number of hydrogen-bond acceptors (Lipinski definition) is 4. The number of likely N-dealkylation sites (tertiary alicyclic amines) is 1. The molecule has 1 N–H and O–H groups in total. The van der Waals surface area contributed by atoms with Crippen molar-refractivity contribution in [2.45, 2.75) is 45.6 Å².